The number of amides is 2. The summed E-state index contributed by atoms with van der Waals surface area (Å²) in [7, 11) is -0.332. The lowest BCUT2D eigenvalue weighted by molar-refractivity contribution is -0.116. The molecule has 28 heavy (non-hydrogen) atoms. The van der Waals surface area contributed by atoms with Gasteiger partial charge in [0.25, 0.3) is 5.91 Å². The van der Waals surface area contributed by atoms with Crippen LogP contribution >= 0.6 is 11.6 Å². The molecular weight excluding hydrogens is 402 g/mol. The average Bonchev–Trinajstić information content (AvgIpc) is 2.62. The Balaban J connectivity index is 2.08. The molecule has 2 amide bonds. The molecule has 150 valence electrons. The molecule has 2 aromatic rings. The van der Waals surface area contributed by atoms with Gasteiger partial charge in [-0.25, -0.2) is 8.42 Å². The molecule has 0 aliphatic carbocycles. The molecule has 0 fully saturated rings. The molecule has 9 heteroatoms. The van der Waals surface area contributed by atoms with Gasteiger partial charge in [-0.1, -0.05) is 29.8 Å². The molecule has 1 N–H and O–H groups in total. The molecule has 0 heterocycles. The number of hydrogen-bond donors (Lipinski definition) is 1. The molecule has 0 saturated carbocycles. The quantitative estimate of drug-likeness (QED) is 0.741. The van der Waals surface area contributed by atoms with Crippen LogP contribution in [0.15, 0.2) is 48.5 Å². The first kappa shape index (κ1) is 21.9. The molecule has 2 aromatic carbocycles. The molecule has 0 radical (unpaired) electrons. The Morgan fingerprint density at radius 1 is 1.04 bits per heavy atom. The molecule has 2 rings (SSSR count). The second-order valence-electron chi connectivity index (χ2n) is 6.45. The van der Waals surface area contributed by atoms with Crippen molar-refractivity contribution in [2.45, 2.75) is 6.54 Å². The number of nitrogens with one attached hydrogen (secondary N) is 1. The summed E-state index contributed by atoms with van der Waals surface area (Å²) in [6.07, 6.45) is 1.04. The number of anilines is 1. The van der Waals surface area contributed by atoms with Gasteiger partial charge in [0.05, 0.1) is 12.8 Å². The maximum absolute atomic E-state index is 12.3. The zero-order valence-corrected chi connectivity index (χ0v) is 17.4. The van der Waals surface area contributed by atoms with Crippen LogP contribution in [0.2, 0.25) is 5.02 Å². The van der Waals surface area contributed by atoms with Crippen molar-refractivity contribution < 1.29 is 18.0 Å². The number of rotatable bonds is 7. The SMILES string of the molecule is CN(C)C(=O)c1ccc(NC(=O)CN(Cc2ccccc2Cl)S(C)(=O)=O)cc1. The average molecular weight is 424 g/mol. The minimum atomic E-state index is -3.63. The highest BCUT2D eigenvalue weighted by Gasteiger charge is 2.21. The molecule has 7 nitrogen and oxygen atoms in total. The lowest BCUT2D eigenvalue weighted by Gasteiger charge is -2.20. The highest BCUT2D eigenvalue weighted by atomic mass is 35.5. The standard InChI is InChI=1S/C19H22ClN3O4S/c1-22(2)19(25)14-8-10-16(11-9-14)21-18(24)13-23(28(3,26)27)12-15-6-4-5-7-17(15)20/h4-11H,12-13H2,1-3H3,(H,21,24). The van der Waals surface area contributed by atoms with Gasteiger partial charge >= 0.3 is 0 Å². The first-order valence-electron chi connectivity index (χ1n) is 8.38. The normalized spacial score (nSPS) is 11.3. The molecule has 0 aromatic heterocycles. The lowest BCUT2D eigenvalue weighted by Crippen LogP contribution is -2.37. The third-order valence-electron chi connectivity index (χ3n) is 3.92. The highest BCUT2D eigenvalue weighted by Crippen LogP contribution is 2.18. The largest absolute Gasteiger partial charge is 0.345 e. The summed E-state index contributed by atoms with van der Waals surface area (Å²) in [5.41, 5.74) is 1.56. The van der Waals surface area contributed by atoms with E-state index < -0.39 is 15.9 Å². The fourth-order valence-electron chi connectivity index (χ4n) is 2.42. The van der Waals surface area contributed by atoms with Crippen LogP contribution in [0.5, 0.6) is 0 Å². The van der Waals surface area contributed by atoms with Gasteiger partial charge < -0.3 is 10.2 Å². The van der Waals surface area contributed by atoms with Crippen molar-refractivity contribution in [2.24, 2.45) is 0 Å². The smallest absolute Gasteiger partial charge is 0.253 e. The van der Waals surface area contributed by atoms with E-state index >= 15 is 0 Å². The Labute approximate surface area is 169 Å². The van der Waals surface area contributed by atoms with Crippen molar-refractivity contribution in [1.82, 2.24) is 9.21 Å². The van der Waals surface area contributed by atoms with Gasteiger partial charge in [0.15, 0.2) is 0 Å². The van der Waals surface area contributed by atoms with Crippen molar-refractivity contribution in [3.8, 4) is 0 Å². The summed E-state index contributed by atoms with van der Waals surface area (Å²) in [6, 6.07) is 13.2. The Hall–Kier alpha value is -2.42. The third kappa shape index (κ3) is 6.05. The van der Waals surface area contributed by atoms with E-state index in [1.165, 1.54) is 4.90 Å². The summed E-state index contributed by atoms with van der Waals surface area (Å²) >= 11 is 6.09. The summed E-state index contributed by atoms with van der Waals surface area (Å²) in [6.45, 7) is -0.370. The van der Waals surface area contributed by atoms with E-state index in [1.54, 1.807) is 62.6 Å². The van der Waals surface area contributed by atoms with Gasteiger partial charge in [-0.3, -0.25) is 9.59 Å². The summed E-state index contributed by atoms with van der Waals surface area (Å²) in [5, 5.41) is 3.07. The first-order valence-corrected chi connectivity index (χ1v) is 10.6. The molecule has 0 unspecified atom stereocenters. The maximum Gasteiger partial charge on any atom is 0.253 e. The van der Waals surface area contributed by atoms with Crippen molar-refractivity contribution in [3.05, 3.63) is 64.7 Å². The summed E-state index contributed by atoms with van der Waals surface area (Å²) in [5.74, 6) is -0.648. The second-order valence-corrected chi connectivity index (χ2v) is 8.84. The molecule has 0 bridgehead atoms. The number of benzene rings is 2. The monoisotopic (exact) mass is 423 g/mol. The van der Waals surface area contributed by atoms with Gasteiger partial charge in [-0.05, 0) is 35.9 Å². The van der Waals surface area contributed by atoms with Crippen LogP contribution in [-0.2, 0) is 21.4 Å². The van der Waals surface area contributed by atoms with Crippen LogP contribution in [0, 0.1) is 0 Å². The number of carbonyl (C=O) groups is 2. The van der Waals surface area contributed by atoms with Gasteiger partial charge in [0.1, 0.15) is 0 Å². The van der Waals surface area contributed by atoms with Crippen LogP contribution in [0.4, 0.5) is 5.69 Å². The lowest BCUT2D eigenvalue weighted by atomic mass is 10.2. The fraction of sp³-hybridized carbons (Fsp3) is 0.263. The van der Waals surface area contributed by atoms with Crippen LogP contribution in [-0.4, -0.2) is 56.3 Å². The van der Waals surface area contributed by atoms with E-state index in [9.17, 15) is 18.0 Å². The minimum Gasteiger partial charge on any atom is -0.345 e. The van der Waals surface area contributed by atoms with E-state index in [0.717, 1.165) is 10.6 Å². The summed E-state index contributed by atoms with van der Waals surface area (Å²) in [4.78, 5) is 25.7. The number of hydrogen-bond acceptors (Lipinski definition) is 4. The number of sulfonamides is 1. The summed E-state index contributed by atoms with van der Waals surface area (Å²) < 4.78 is 25.2. The van der Waals surface area contributed by atoms with Crippen molar-refractivity contribution in [1.29, 1.82) is 0 Å². The Morgan fingerprint density at radius 2 is 1.64 bits per heavy atom. The van der Waals surface area contributed by atoms with Gasteiger partial charge in [0.2, 0.25) is 15.9 Å². The predicted molar refractivity (Wildman–Crippen MR) is 110 cm³/mol. The maximum atomic E-state index is 12.3. The number of carbonyl (C=O) groups excluding carboxylic acids is 2. The van der Waals surface area contributed by atoms with Crippen molar-refractivity contribution in [3.63, 3.8) is 0 Å². The number of halogens is 1. The van der Waals surface area contributed by atoms with Crippen LogP contribution < -0.4 is 5.32 Å². The zero-order chi connectivity index (χ0) is 20.9. The first-order chi connectivity index (χ1) is 13.1. The zero-order valence-electron chi connectivity index (χ0n) is 15.8. The van der Waals surface area contributed by atoms with Crippen molar-refractivity contribution in [2.75, 3.05) is 32.2 Å². The molecule has 0 aliphatic heterocycles. The van der Waals surface area contributed by atoms with Gasteiger partial charge in [0, 0.05) is 36.9 Å². The fourth-order valence-corrected chi connectivity index (χ4v) is 3.34. The van der Waals surface area contributed by atoms with Crippen LogP contribution in [0.3, 0.4) is 0 Å². The topological polar surface area (TPSA) is 86.8 Å². The van der Waals surface area contributed by atoms with E-state index in [1.807, 2.05) is 0 Å². The molecule has 0 spiro atoms. The Bertz CT molecular complexity index is 959. The van der Waals surface area contributed by atoms with Gasteiger partial charge in [-0.2, -0.15) is 4.31 Å². The Kier molecular flexibility index (Phi) is 7.17. The molecule has 0 atom stereocenters. The van der Waals surface area contributed by atoms with E-state index in [0.29, 0.717) is 21.8 Å². The Morgan fingerprint density at radius 3 is 2.18 bits per heavy atom. The van der Waals surface area contributed by atoms with Gasteiger partial charge in [-0.15, -0.1) is 0 Å². The van der Waals surface area contributed by atoms with E-state index in [4.69, 9.17) is 11.6 Å². The second kappa shape index (κ2) is 9.18. The third-order valence-corrected chi connectivity index (χ3v) is 5.48. The van der Waals surface area contributed by atoms with E-state index in [2.05, 4.69) is 5.32 Å². The predicted octanol–water partition coefficient (Wildman–Crippen LogP) is 2.44. The molecule has 0 saturated heterocycles. The minimum absolute atomic E-state index is 0.0117. The van der Waals surface area contributed by atoms with Crippen molar-refractivity contribution >= 4 is 39.1 Å². The van der Waals surface area contributed by atoms with Crippen LogP contribution in [0.25, 0.3) is 0 Å². The number of nitrogens with zero attached hydrogens (tertiary/aromatic N) is 2. The highest BCUT2D eigenvalue weighted by molar-refractivity contribution is 7.88. The van der Waals surface area contributed by atoms with Crippen LogP contribution in [0.1, 0.15) is 15.9 Å². The molecular formula is C19H22ClN3O4S. The van der Waals surface area contributed by atoms with E-state index in [-0.39, 0.29) is 19.0 Å². The molecule has 0 aliphatic rings.